The Hall–Kier alpha value is -0.570. The number of rotatable bonds is 2. The predicted molar refractivity (Wildman–Crippen MR) is 82.9 cm³/mol. The Morgan fingerprint density at radius 1 is 1.25 bits per heavy atom. The minimum Gasteiger partial charge on any atom is -0.375 e. The monoisotopic (exact) mass is 293 g/mol. The van der Waals surface area contributed by atoms with E-state index in [1.807, 2.05) is 18.2 Å². The molecule has 1 saturated heterocycles. The molecule has 2 atom stereocenters. The van der Waals surface area contributed by atoms with Gasteiger partial charge in [-0.05, 0) is 49.3 Å². The smallest absolute Gasteiger partial charge is 0.0685 e. The van der Waals surface area contributed by atoms with Gasteiger partial charge in [0.05, 0.1) is 5.60 Å². The van der Waals surface area contributed by atoms with Crippen LogP contribution in [0.2, 0.25) is 5.02 Å². The molecule has 20 heavy (non-hydrogen) atoms. The molecule has 1 aliphatic heterocycles. The SMILES string of the molecule is NC(c1cccc(Cl)c1)C1CCOC2(CCCCC2)C1. The summed E-state index contributed by atoms with van der Waals surface area (Å²) in [5, 5.41) is 0.775. The Morgan fingerprint density at radius 3 is 2.80 bits per heavy atom. The van der Waals surface area contributed by atoms with Crippen molar-refractivity contribution in [2.24, 2.45) is 11.7 Å². The van der Waals surface area contributed by atoms with E-state index >= 15 is 0 Å². The highest BCUT2D eigenvalue weighted by Gasteiger charge is 2.40. The average molecular weight is 294 g/mol. The lowest BCUT2D eigenvalue weighted by Crippen LogP contribution is -2.44. The van der Waals surface area contributed by atoms with Crippen LogP contribution in [0.15, 0.2) is 24.3 Å². The summed E-state index contributed by atoms with van der Waals surface area (Å²) in [6.45, 7) is 0.860. The van der Waals surface area contributed by atoms with Crippen molar-refractivity contribution in [3.05, 3.63) is 34.9 Å². The molecular weight excluding hydrogens is 270 g/mol. The lowest BCUT2D eigenvalue weighted by Gasteiger charge is -2.45. The van der Waals surface area contributed by atoms with Crippen LogP contribution >= 0.6 is 11.6 Å². The first-order valence-electron chi connectivity index (χ1n) is 7.84. The van der Waals surface area contributed by atoms with E-state index in [0.29, 0.717) is 5.92 Å². The molecule has 3 heteroatoms. The topological polar surface area (TPSA) is 35.2 Å². The van der Waals surface area contributed by atoms with Gasteiger partial charge in [0.15, 0.2) is 0 Å². The fraction of sp³-hybridized carbons (Fsp3) is 0.647. The highest BCUT2D eigenvalue weighted by Crippen LogP contribution is 2.43. The second-order valence-electron chi connectivity index (χ2n) is 6.43. The van der Waals surface area contributed by atoms with Gasteiger partial charge in [0, 0.05) is 17.7 Å². The van der Waals surface area contributed by atoms with Crippen molar-refractivity contribution in [3.8, 4) is 0 Å². The van der Waals surface area contributed by atoms with Gasteiger partial charge >= 0.3 is 0 Å². The first kappa shape index (κ1) is 14.4. The largest absolute Gasteiger partial charge is 0.375 e. The zero-order chi connectivity index (χ0) is 14.0. The van der Waals surface area contributed by atoms with E-state index in [9.17, 15) is 0 Å². The van der Waals surface area contributed by atoms with Crippen molar-refractivity contribution in [2.75, 3.05) is 6.61 Å². The molecule has 0 amide bonds. The van der Waals surface area contributed by atoms with Crippen molar-refractivity contribution >= 4 is 11.6 Å². The fourth-order valence-electron chi connectivity index (χ4n) is 3.90. The number of benzene rings is 1. The van der Waals surface area contributed by atoms with Gasteiger partial charge in [0.25, 0.3) is 0 Å². The molecule has 2 fully saturated rings. The van der Waals surface area contributed by atoms with Crippen LogP contribution < -0.4 is 5.73 Å². The molecule has 2 N–H and O–H groups in total. The second-order valence-corrected chi connectivity index (χ2v) is 6.86. The molecule has 1 aliphatic carbocycles. The van der Waals surface area contributed by atoms with Crippen molar-refractivity contribution < 1.29 is 4.74 Å². The minimum atomic E-state index is 0.0800. The van der Waals surface area contributed by atoms with Crippen LogP contribution in [-0.2, 0) is 4.74 Å². The van der Waals surface area contributed by atoms with Crippen molar-refractivity contribution in [1.29, 1.82) is 0 Å². The average Bonchev–Trinajstić information content (AvgIpc) is 2.47. The van der Waals surface area contributed by atoms with Crippen LogP contribution in [0.3, 0.4) is 0 Å². The second kappa shape index (κ2) is 6.05. The summed E-state index contributed by atoms with van der Waals surface area (Å²) in [6.07, 6.45) is 8.57. The molecule has 0 aromatic heterocycles. The molecule has 1 aromatic carbocycles. The van der Waals surface area contributed by atoms with Gasteiger partial charge in [0.2, 0.25) is 0 Å². The Morgan fingerprint density at radius 2 is 2.05 bits per heavy atom. The number of halogens is 1. The Kier molecular flexibility index (Phi) is 4.34. The molecule has 2 nitrogen and oxygen atoms in total. The van der Waals surface area contributed by atoms with Crippen LogP contribution in [-0.4, -0.2) is 12.2 Å². The van der Waals surface area contributed by atoms with E-state index in [-0.39, 0.29) is 11.6 Å². The molecule has 1 heterocycles. The molecule has 0 radical (unpaired) electrons. The van der Waals surface area contributed by atoms with Crippen LogP contribution in [0.4, 0.5) is 0 Å². The summed E-state index contributed by atoms with van der Waals surface area (Å²) in [7, 11) is 0. The summed E-state index contributed by atoms with van der Waals surface area (Å²) in [5.74, 6) is 0.514. The summed E-state index contributed by atoms with van der Waals surface area (Å²) in [5.41, 5.74) is 7.80. The molecule has 1 aromatic rings. The quantitative estimate of drug-likeness (QED) is 0.873. The van der Waals surface area contributed by atoms with Crippen LogP contribution in [0, 0.1) is 5.92 Å². The third-order valence-corrected chi connectivity index (χ3v) is 5.27. The molecule has 110 valence electrons. The molecule has 2 aliphatic rings. The van der Waals surface area contributed by atoms with Crippen LogP contribution in [0.25, 0.3) is 0 Å². The van der Waals surface area contributed by atoms with E-state index in [2.05, 4.69) is 6.07 Å². The highest BCUT2D eigenvalue weighted by atomic mass is 35.5. The van der Waals surface area contributed by atoms with Gasteiger partial charge in [-0.15, -0.1) is 0 Å². The van der Waals surface area contributed by atoms with Gasteiger partial charge in [-0.2, -0.15) is 0 Å². The van der Waals surface area contributed by atoms with Crippen LogP contribution in [0.1, 0.15) is 56.6 Å². The first-order valence-corrected chi connectivity index (χ1v) is 8.21. The standard InChI is InChI=1S/C17H24ClNO/c18-15-6-4-5-13(11-15)16(19)14-7-10-20-17(12-14)8-2-1-3-9-17/h4-6,11,14,16H,1-3,7-10,12,19H2. The summed E-state index contributed by atoms with van der Waals surface area (Å²) >= 11 is 6.09. The van der Waals surface area contributed by atoms with Crippen molar-refractivity contribution in [3.63, 3.8) is 0 Å². The maximum atomic E-state index is 6.51. The summed E-state index contributed by atoms with van der Waals surface area (Å²) in [4.78, 5) is 0. The number of nitrogens with two attached hydrogens (primary N) is 1. The maximum absolute atomic E-state index is 6.51. The normalized spacial score (nSPS) is 27.4. The van der Waals surface area contributed by atoms with Gasteiger partial charge in [-0.3, -0.25) is 0 Å². The Balaban J connectivity index is 1.73. The third-order valence-electron chi connectivity index (χ3n) is 5.04. The van der Waals surface area contributed by atoms with Crippen molar-refractivity contribution in [1.82, 2.24) is 0 Å². The van der Waals surface area contributed by atoms with Gasteiger partial charge in [-0.25, -0.2) is 0 Å². The molecule has 1 spiro atoms. The molecule has 3 rings (SSSR count). The van der Waals surface area contributed by atoms with Gasteiger partial charge in [0.1, 0.15) is 0 Å². The van der Waals surface area contributed by atoms with E-state index < -0.39 is 0 Å². The Labute approximate surface area is 126 Å². The minimum absolute atomic E-state index is 0.0800. The molecule has 2 unspecified atom stereocenters. The van der Waals surface area contributed by atoms with Crippen LogP contribution in [0.5, 0.6) is 0 Å². The van der Waals surface area contributed by atoms with Gasteiger partial charge < -0.3 is 10.5 Å². The molecule has 0 bridgehead atoms. The third kappa shape index (κ3) is 3.03. The van der Waals surface area contributed by atoms with E-state index in [1.54, 1.807) is 0 Å². The van der Waals surface area contributed by atoms with Gasteiger partial charge in [-0.1, -0.05) is 43.0 Å². The number of ether oxygens (including phenoxy) is 1. The number of hydrogen-bond acceptors (Lipinski definition) is 2. The molecular formula is C17H24ClNO. The predicted octanol–water partition coefficient (Wildman–Crippen LogP) is 4.47. The lowest BCUT2D eigenvalue weighted by molar-refractivity contribution is -0.120. The zero-order valence-corrected chi connectivity index (χ0v) is 12.7. The lowest BCUT2D eigenvalue weighted by atomic mass is 9.73. The fourth-order valence-corrected chi connectivity index (χ4v) is 4.10. The number of hydrogen-bond donors (Lipinski definition) is 1. The maximum Gasteiger partial charge on any atom is 0.0685 e. The molecule has 1 saturated carbocycles. The Bertz CT molecular complexity index is 451. The first-order chi connectivity index (χ1) is 9.69. The van der Waals surface area contributed by atoms with Crippen molar-refractivity contribution in [2.45, 2.75) is 56.6 Å². The van der Waals surface area contributed by atoms with E-state index in [0.717, 1.165) is 30.0 Å². The summed E-state index contributed by atoms with van der Waals surface area (Å²) < 4.78 is 6.16. The highest BCUT2D eigenvalue weighted by molar-refractivity contribution is 6.30. The summed E-state index contributed by atoms with van der Waals surface area (Å²) in [6, 6.07) is 8.09. The van der Waals surface area contributed by atoms with E-state index in [1.165, 1.54) is 32.1 Å². The zero-order valence-electron chi connectivity index (χ0n) is 12.0. The van der Waals surface area contributed by atoms with E-state index in [4.69, 9.17) is 22.1 Å².